The lowest BCUT2D eigenvalue weighted by molar-refractivity contribution is -0.126. The first-order valence-corrected chi connectivity index (χ1v) is 12.1. The predicted octanol–water partition coefficient (Wildman–Crippen LogP) is 3.71. The van der Waals surface area contributed by atoms with Crippen LogP contribution in [-0.2, 0) is 11.3 Å². The van der Waals surface area contributed by atoms with Gasteiger partial charge in [-0.25, -0.2) is 4.68 Å². The van der Waals surface area contributed by atoms with Gasteiger partial charge in [0.25, 0.3) is 5.91 Å². The summed E-state index contributed by atoms with van der Waals surface area (Å²) in [4.78, 5) is 27.9. The highest BCUT2D eigenvalue weighted by Crippen LogP contribution is 2.32. The van der Waals surface area contributed by atoms with E-state index in [2.05, 4.69) is 10.4 Å². The molecule has 0 spiro atoms. The number of carbonyl (C=O) groups is 2. The summed E-state index contributed by atoms with van der Waals surface area (Å²) in [6.07, 6.45) is 3.41. The van der Waals surface area contributed by atoms with Crippen molar-refractivity contribution < 1.29 is 19.1 Å². The summed E-state index contributed by atoms with van der Waals surface area (Å²) in [6, 6.07) is 15.5. The van der Waals surface area contributed by atoms with Crippen LogP contribution in [0.5, 0.6) is 11.5 Å². The van der Waals surface area contributed by atoms with E-state index in [4.69, 9.17) is 9.47 Å². The SMILES string of the molecule is Cc1nn(-c2ccccc2)cc1C(=O)N1CCC([C@@H](C)C(=O)NCc2ccc3c(c2)OCO3)CC1. The fraction of sp³-hybridized carbons (Fsp3) is 0.370. The number of para-hydroxylation sites is 1. The summed E-state index contributed by atoms with van der Waals surface area (Å²) in [5.74, 6) is 1.60. The zero-order valence-electron chi connectivity index (χ0n) is 20.1. The molecule has 0 saturated carbocycles. The monoisotopic (exact) mass is 474 g/mol. The maximum absolute atomic E-state index is 13.2. The van der Waals surface area contributed by atoms with Gasteiger partial charge in [-0.05, 0) is 55.5 Å². The molecule has 35 heavy (non-hydrogen) atoms. The molecular weight excluding hydrogens is 444 g/mol. The number of hydrogen-bond acceptors (Lipinski definition) is 5. The summed E-state index contributed by atoms with van der Waals surface area (Å²) < 4.78 is 12.5. The van der Waals surface area contributed by atoms with Crippen molar-refractivity contribution in [2.45, 2.75) is 33.2 Å². The molecule has 0 unspecified atom stereocenters. The largest absolute Gasteiger partial charge is 0.454 e. The number of nitrogens with one attached hydrogen (secondary N) is 1. The van der Waals surface area contributed by atoms with E-state index >= 15 is 0 Å². The second kappa shape index (κ2) is 9.82. The molecule has 1 N–H and O–H groups in total. The minimum absolute atomic E-state index is 0.00282. The third-order valence-electron chi connectivity index (χ3n) is 7.00. The Morgan fingerprint density at radius 3 is 2.60 bits per heavy atom. The van der Waals surface area contributed by atoms with E-state index in [0.29, 0.717) is 30.9 Å². The second-order valence-corrected chi connectivity index (χ2v) is 9.23. The number of fused-ring (bicyclic) bond motifs is 1. The number of hydrogen-bond donors (Lipinski definition) is 1. The van der Waals surface area contributed by atoms with Crippen LogP contribution >= 0.6 is 0 Å². The quantitative estimate of drug-likeness (QED) is 0.589. The molecule has 0 bridgehead atoms. The second-order valence-electron chi connectivity index (χ2n) is 9.23. The first kappa shape index (κ1) is 23.0. The number of carbonyl (C=O) groups excluding carboxylic acids is 2. The Morgan fingerprint density at radius 2 is 1.83 bits per heavy atom. The Kier molecular flexibility index (Phi) is 6.44. The van der Waals surface area contributed by atoms with Gasteiger partial charge in [-0.2, -0.15) is 5.10 Å². The van der Waals surface area contributed by atoms with Gasteiger partial charge in [0, 0.05) is 31.7 Å². The number of benzene rings is 2. The lowest BCUT2D eigenvalue weighted by atomic mass is 9.84. The Bertz CT molecular complexity index is 1220. The average Bonchev–Trinajstić information content (AvgIpc) is 3.53. The van der Waals surface area contributed by atoms with Crippen LogP contribution in [0.3, 0.4) is 0 Å². The van der Waals surface area contributed by atoms with Gasteiger partial charge in [0.1, 0.15) is 0 Å². The van der Waals surface area contributed by atoms with E-state index in [9.17, 15) is 9.59 Å². The highest BCUT2D eigenvalue weighted by atomic mass is 16.7. The van der Waals surface area contributed by atoms with Crippen molar-refractivity contribution in [3.63, 3.8) is 0 Å². The molecule has 2 aromatic carbocycles. The molecule has 2 aliphatic heterocycles. The maximum atomic E-state index is 13.2. The molecular formula is C27H30N4O4. The average molecular weight is 475 g/mol. The van der Waals surface area contributed by atoms with E-state index in [1.165, 1.54) is 0 Å². The summed E-state index contributed by atoms with van der Waals surface area (Å²) in [5.41, 5.74) is 3.25. The number of ether oxygens (including phenoxy) is 2. The number of aromatic nitrogens is 2. The summed E-state index contributed by atoms with van der Waals surface area (Å²) in [5, 5.41) is 7.58. The zero-order chi connectivity index (χ0) is 24.4. The molecule has 3 heterocycles. The van der Waals surface area contributed by atoms with Crippen LogP contribution in [-0.4, -0.2) is 46.4 Å². The molecule has 3 aromatic rings. The first-order valence-electron chi connectivity index (χ1n) is 12.1. The Morgan fingerprint density at radius 1 is 1.09 bits per heavy atom. The lowest BCUT2D eigenvalue weighted by Gasteiger charge is -2.34. The number of amides is 2. The van der Waals surface area contributed by atoms with Gasteiger partial charge in [-0.3, -0.25) is 9.59 Å². The van der Waals surface area contributed by atoms with Gasteiger partial charge in [0.05, 0.1) is 16.9 Å². The standard InChI is InChI=1S/C27H30N4O4/c1-18(26(32)28-15-20-8-9-24-25(14-20)35-17-34-24)21-10-12-30(13-11-21)27(33)23-16-31(29-19(23)2)22-6-4-3-5-7-22/h3-9,14,16,18,21H,10-13,15,17H2,1-2H3,(H,28,32)/t18-/m1/s1. The van der Waals surface area contributed by atoms with Crippen LogP contribution in [0.25, 0.3) is 5.69 Å². The Hall–Kier alpha value is -3.81. The van der Waals surface area contributed by atoms with Crippen molar-refractivity contribution in [3.05, 3.63) is 71.5 Å². The van der Waals surface area contributed by atoms with Crippen LogP contribution < -0.4 is 14.8 Å². The summed E-state index contributed by atoms with van der Waals surface area (Å²) in [6.45, 7) is 5.80. The third-order valence-corrected chi connectivity index (χ3v) is 7.00. The molecule has 5 rings (SSSR count). The molecule has 1 fully saturated rings. The summed E-state index contributed by atoms with van der Waals surface area (Å²) >= 11 is 0. The smallest absolute Gasteiger partial charge is 0.257 e. The van der Waals surface area contributed by atoms with E-state index in [0.717, 1.165) is 35.5 Å². The molecule has 2 amide bonds. The van der Waals surface area contributed by atoms with Crippen LogP contribution in [0.15, 0.2) is 54.7 Å². The summed E-state index contributed by atoms with van der Waals surface area (Å²) in [7, 11) is 0. The highest BCUT2D eigenvalue weighted by Gasteiger charge is 2.31. The van der Waals surface area contributed by atoms with Crippen LogP contribution in [0.1, 0.15) is 41.4 Å². The topological polar surface area (TPSA) is 85.7 Å². The van der Waals surface area contributed by atoms with Crippen LogP contribution in [0.4, 0.5) is 0 Å². The van der Waals surface area contributed by atoms with Gasteiger partial charge in [-0.1, -0.05) is 31.2 Å². The zero-order valence-corrected chi connectivity index (χ0v) is 20.1. The van der Waals surface area contributed by atoms with Crippen molar-refractivity contribution in [2.75, 3.05) is 19.9 Å². The molecule has 8 heteroatoms. The fourth-order valence-electron chi connectivity index (χ4n) is 4.77. The fourth-order valence-corrected chi connectivity index (χ4v) is 4.77. The minimum Gasteiger partial charge on any atom is -0.454 e. The van der Waals surface area contributed by atoms with E-state index < -0.39 is 0 Å². The van der Waals surface area contributed by atoms with E-state index in [-0.39, 0.29) is 30.4 Å². The molecule has 8 nitrogen and oxygen atoms in total. The van der Waals surface area contributed by atoms with Crippen molar-refractivity contribution in [1.29, 1.82) is 0 Å². The highest BCUT2D eigenvalue weighted by molar-refractivity contribution is 5.95. The van der Waals surface area contributed by atoms with Crippen molar-refractivity contribution in [2.24, 2.45) is 11.8 Å². The molecule has 1 aromatic heterocycles. The Labute approximate surface area is 204 Å². The Balaban J connectivity index is 1.14. The van der Waals surface area contributed by atoms with Crippen molar-refractivity contribution in [3.8, 4) is 17.2 Å². The molecule has 0 aliphatic carbocycles. The molecule has 2 aliphatic rings. The van der Waals surface area contributed by atoms with Crippen molar-refractivity contribution in [1.82, 2.24) is 20.0 Å². The normalized spacial score (nSPS) is 16.2. The van der Waals surface area contributed by atoms with Gasteiger partial charge >= 0.3 is 0 Å². The van der Waals surface area contributed by atoms with E-state index in [1.54, 1.807) is 4.68 Å². The molecule has 1 atom stereocenters. The lowest BCUT2D eigenvalue weighted by Crippen LogP contribution is -2.42. The minimum atomic E-state index is -0.121. The molecule has 0 radical (unpaired) electrons. The number of piperidine rings is 1. The van der Waals surface area contributed by atoms with Gasteiger partial charge in [0.15, 0.2) is 11.5 Å². The number of nitrogens with zero attached hydrogens (tertiary/aromatic N) is 3. The van der Waals surface area contributed by atoms with Gasteiger partial charge < -0.3 is 19.7 Å². The van der Waals surface area contributed by atoms with Gasteiger partial charge in [-0.15, -0.1) is 0 Å². The first-order chi connectivity index (χ1) is 17.0. The number of likely N-dealkylation sites (tertiary alicyclic amines) is 1. The number of rotatable bonds is 6. The molecule has 1 saturated heterocycles. The molecule has 182 valence electrons. The van der Waals surface area contributed by atoms with E-state index in [1.807, 2.05) is 73.5 Å². The van der Waals surface area contributed by atoms with Crippen LogP contribution in [0, 0.1) is 18.8 Å². The van der Waals surface area contributed by atoms with Gasteiger partial charge in [0.2, 0.25) is 12.7 Å². The maximum Gasteiger partial charge on any atom is 0.257 e. The van der Waals surface area contributed by atoms with Crippen molar-refractivity contribution >= 4 is 11.8 Å². The third kappa shape index (κ3) is 4.87. The predicted molar refractivity (Wildman–Crippen MR) is 131 cm³/mol. The van der Waals surface area contributed by atoms with Crippen LogP contribution in [0.2, 0.25) is 0 Å². The number of aryl methyl sites for hydroxylation is 1.